The summed E-state index contributed by atoms with van der Waals surface area (Å²) in [5, 5.41) is 2.24. The first-order valence-electron chi connectivity index (χ1n) is 13.7. The number of sulfonamides is 1. The van der Waals surface area contributed by atoms with Crippen LogP contribution in [0.4, 0.5) is 18.9 Å². The summed E-state index contributed by atoms with van der Waals surface area (Å²) in [5.41, 5.74) is -0.318. The van der Waals surface area contributed by atoms with Gasteiger partial charge in [-0.2, -0.15) is 13.2 Å². The van der Waals surface area contributed by atoms with Crippen molar-refractivity contribution in [1.29, 1.82) is 0 Å². The van der Waals surface area contributed by atoms with Crippen LogP contribution in [0.2, 0.25) is 5.02 Å². The van der Waals surface area contributed by atoms with Gasteiger partial charge in [0.1, 0.15) is 18.3 Å². The van der Waals surface area contributed by atoms with Crippen LogP contribution in [0.5, 0.6) is 5.75 Å². The molecule has 0 aliphatic heterocycles. The lowest BCUT2D eigenvalue weighted by molar-refractivity contribution is -0.140. The minimum Gasteiger partial charge on any atom is -0.497 e. The standard InChI is InChI=1S/C31H35ClF3N3O5S/c1-21(2)18-36-30(40)28(16-22-9-6-5-7-10-22)37(19-23-11-8-12-25(15-23)43-3)29(39)20-38(44(4,41)42)24-13-14-27(32)26(17-24)31(33,34)35/h5-15,17,21,28H,16,18-20H2,1-4H3,(H,36,40)/t28-/m0/s1. The van der Waals surface area contributed by atoms with Crippen molar-refractivity contribution in [2.45, 2.75) is 39.0 Å². The molecule has 0 heterocycles. The van der Waals surface area contributed by atoms with Crippen LogP contribution in [0, 0.1) is 5.92 Å². The first-order valence-corrected chi connectivity index (χ1v) is 15.9. The van der Waals surface area contributed by atoms with Gasteiger partial charge < -0.3 is 15.0 Å². The molecular formula is C31H35ClF3N3O5S. The zero-order valence-corrected chi connectivity index (χ0v) is 26.3. The molecule has 0 aliphatic rings. The van der Waals surface area contributed by atoms with E-state index in [1.807, 2.05) is 19.9 Å². The number of carbonyl (C=O) groups excluding carboxylic acids is 2. The first kappa shape index (κ1) is 34.7. The summed E-state index contributed by atoms with van der Waals surface area (Å²) >= 11 is 5.76. The van der Waals surface area contributed by atoms with Gasteiger partial charge in [0.15, 0.2) is 0 Å². The fourth-order valence-electron chi connectivity index (χ4n) is 4.44. The molecule has 3 aromatic rings. The summed E-state index contributed by atoms with van der Waals surface area (Å²) in [6.07, 6.45) is -3.99. The van der Waals surface area contributed by atoms with Crippen LogP contribution in [0.1, 0.15) is 30.5 Å². The van der Waals surface area contributed by atoms with E-state index in [9.17, 15) is 31.2 Å². The van der Waals surface area contributed by atoms with Crippen molar-refractivity contribution < 1.29 is 35.9 Å². The number of nitrogens with zero attached hydrogens (tertiary/aromatic N) is 2. The van der Waals surface area contributed by atoms with Crippen molar-refractivity contribution in [2.75, 3.05) is 30.8 Å². The molecule has 13 heteroatoms. The fourth-order valence-corrected chi connectivity index (χ4v) is 5.51. The summed E-state index contributed by atoms with van der Waals surface area (Å²) in [7, 11) is -2.80. The second-order valence-electron chi connectivity index (χ2n) is 10.6. The normalized spacial score (nSPS) is 12.5. The highest BCUT2D eigenvalue weighted by Crippen LogP contribution is 2.37. The second-order valence-corrected chi connectivity index (χ2v) is 13.0. The maximum atomic E-state index is 14.1. The maximum absolute atomic E-state index is 14.1. The Hall–Kier alpha value is -3.77. The topological polar surface area (TPSA) is 96.0 Å². The van der Waals surface area contributed by atoms with Gasteiger partial charge in [-0.25, -0.2) is 8.42 Å². The quantitative estimate of drug-likeness (QED) is 0.261. The van der Waals surface area contributed by atoms with Crippen LogP contribution in [-0.4, -0.2) is 57.6 Å². The van der Waals surface area contributed by atoms with E-state index >= 15 is 0 Å². The van der Waals surface area contributed by atoms with Crippen LogP contribution in [0.15, 0.2) is 72.8 Å². The van der Waals surface area contributed by atoms with Crippen molar-refractivity contribution in [3.05, 3.63) is 94.5 Å². The van der Waals surface area contributed by atoms with E-state index in [1.54, 1.807) is 48.5 Å². The van der Waals surface area contributed by atoms with Gasteiger partial charge in [-0.15, -0.1) is 0 Å². The number of ether oxygens (including phenoxy) is 1. The van der Waals surface area contributed by atoms with Crippen molar-refractivity contribution >= 4 is 39.1 Å². The molecule has 0 bridgehead atoms. The third-order valence-corrected chi connectivity index (χ3v) is 8.14. The Morgan fingerprint density at radius 1 is 0.977 bits per heavy atom. The second kappa shape index (κ2) is 14.8. The first-order chi connectivity index (χ1) is 20.6. The fraction of sp³-hybridized carbons (Fsp3) is 0.355. The Kier molecular flexibility index (Phi) is 11.7. The molecule has 1 N–H and O–H groups in total. The molecule has 8 nitrogen and oxygen atoms in total. The van der Waals surface area contributed by atoms with Gasteiger partial charge in [-0.05, 0) is 47.4 Å². The third kappa shape index (κ3) is 9.62. The summed E-state index contributed by atoms with van der Waals surface area (Å²) < 4.78 is 72.6. The van der Waals surface area contributed by atoms with Crippen LogP contribution in [0.25, 0.3) is 0 Å². The minimum absolute atomic E-state index is 0.0958. The Morgan fingerprint density at radius 3 is 2.23 bits per heavy atom. The highest BCUT2D eigenvalue weighted by molar-refractivity contribution is 7.92. The number of halogens is 4. The summed E-state index contributed by atoms with van der Waals surface area (Å²) in [5.74, 6) is -0.664. The van der Waals surface area contributed by atoms with Crippen LogP contribution < -0.4 is 14.4 Å². The van der Waals surface area contributed by atoms with E-state index in [2.05, 4.69) is 5.32 Å². The van der Waals surface area contributed by atoms with Crippen molar-refractivity contribution in [2.24, 2.45) is 5.92 Å². The molecule has 0 radical (unpaired) electrons. The molecule has 44 heavy (non-hydrogen) atoms. The minimum atomic E-state index is -4.87. The Balaban J connectivity index is 2.11. The SMILES string of the molecule is COc1cccc(CN(C(=O)CN(c2ccc(Cl)c(C(F)(F)F)c2)S(C)(=O)=O)[C@@H](Cc2ccccc2)C(=O)NCC(C)C)c1. The van der Waals surface area contributed by atoms with Crippen LogP contribution in [-0.2, 0) is 38.8 Å². The predicted molar refractivity (Wildman–Crippen MR) is 164 cm³/mol. The van der Waals surface area contributed by atoms with Gasteiger partial charge in [0.25, 0.3) is 0 Å². The van der Waals surface area contributed by atoms with Crippen molar-refractivity contribution in [3.63, 3.8) is 0 Å². The lowest BCUT2D eigenvalue weighted by Gasteiger charge is -2.34. The van der Waals surface area contributed by atoms with E-state index in [4.69, 9.17) is 16.3 Å². The lowest BCUT2D eigenvalue weighted by atomic mass is 10.0. The smallest absolute Gasteiger partial charge is 0.417 e. The predicted octanol–water partition coefficient (Wildman–Crippen LogP) is 5.55. The van der Waals surface area contributed by atoms with Gasteiger partial charge in [0.2, 0.25) is 21.8 Å². The number of carbonyl (C=O) groups is 2. The lowest BCUT2D eigenvalue weighted by Crippen LogP contribution is -2.53. The third-order valence-electron chi connectivity index (χ3n) is 6.67. The van der Waals surface area contributed by atoms with Gasteiger partial charge in [0, 0.05) is 19.5 Å². The van der Waals surface area contributed by atoms with Gasteiger partial charge in [-0.3, -0.25) is 13.9 Å². The molecule has 238 valence electrons. The average Bonchev–Trinajstić information content (AvgIpc) is 2.96. The number of alkyl halides is 3. The summed E-state index contributed by atoms with van der Waals surface area (Å²) in [6, 6.07) is 17.3. The number of anilines is 1. The molecule has 0 saturated heterocycles. The Labute approximate surface area is 260 Å². The maximum Gasteiger partial charge on any atom is 0.417 e. The van der Waals surface area contributed by atoms with E-state index in [-0.39, 0.29) is 18.9 Å². The van der Waals surface area contributed by atoms with E-state index < -0.39 is 56.9 Å². The molecule has 0 unspecified atom stereocenters. The number of amides is 2. The average molecular weight is 654 g/mol. The molecule has 3 aromatic carbocycles. The van der Waals surface area contributed by atoms with Crippen LogP contribution >= 0.6 is 11.6 Å². The summed E-state index contributed by atoms with van der Waals surface area (Å²) in [4.78, 5) is 29.0. The molecule has 3 rings (SSSR count). The number of hydrogen-bond donors (Lipinski definition) is 1. The molecule has 0 aliphatic carbocycles. The molecule has 0 fully saturated rings. The molecule has 0 spiro atoms. The largest absolute Gasteiger partial charge is 0.497 e. The summed E-state index contributed by atoms with van der Waals surface area (Å²) in [6.45, 7) is 3.17. The van der Waals surface area contributed by atoms with Crippen molar-refractivity contribution in [3.8, 4) is 5.75 Å². The van der Waals surface area contributed by atoms with E-state index in [0.29, 0.717) is 28.2 Å². The number of methoxy groups -OCH3 is 1. The van der Waals surface area contributed by atoms with Gasteiger partial charge in [-0.1, -0.05) is 67.9 Å². The molecular weight excluding hydrogens is 619 g/mol. The monoisotopic (exact) mass is 653 g/mol. The number of hydrogen-bond acceptors (Lipinski definition) is 5. The number of benzene rings is 3. The van der Waals surface area contributed by atoms with Crippen LogP contribution in [0.3, 0.4) is 0 Å². The number of rotatable bonds is 13. The molecule has 1 atom stereocenters. The molecule has 2 amide bonds. The van der Waals surface area contributed by atoms with E-state index in [0.717, 1.165) is 24.0 Å². The zero-order chi connectivity index (χ0) is 32.7. The highest BCUT2D eigenvalue weighted by Gasteiger charge is 2.36. The number of nitrogens with one attached hydrogen (secondary N) is 1. The van der Waals surface area contributed by atoms with Crippen molar-refractivity contribution in [1.82, 2.24) is 10.2 Å². The highest BCUT2D eigenvalue weighted by atomic mass is 35.5. The Morgan fingerprint density at radius 2 is 1.64 bits per heavy atom. The zero-order valence-electron chi connectivity index (χ0n) is 24.8. The van der Waals surface area contributed by atoms with Gasteiger partial charge in [0.05, 0.1) is 29.6 Å². The molecule has 0 aromatic heterocycles. The van der Waals surface area contributed by atoms with Gasteiger partial charge >= 0.3 is 6.18 Å². The van der Waals surface area contributed by atoms with E-state index in [1.165, 1.54) is 12.0 Å². The Bertz CT molecular complexity index is 1550. The molecule has 0 saturated carbocycles.